The van der Waals surface area contributed by atoms with Crippen LogP contribution in [0.25, 0.3) is 22.3 Å². The minimum Gasteiger partial charge on any atom is -0.381 e. The molecule has 1 amide bonds. The first-order valence-electron chi connectivity index (χ1n) is 14.2. The zero-order valence-electron chi connectivity index (χ0n) is 23.1. The lowest BCUT2D eigenvalue weighted by Gasteiger charge is -2.35. The molecule has 0 spiro atoms. The normalized spacial score (nSPS) is 17.2. The molecule has 0 unspecified atom stereocenters. The standard InChI is InChI=1S/C30H32F3N7O2/c31-30(32,33)17-29(41)40-9-7-39(8-10-40)18-20-3-6-34-23(13-20)15-28-37-24-2-1-22(14-27(24)38-28)26-16-25(35-19-36-26)21-4-11-42-12-5-21/h1-3,6,13-14,16,19,21H,4-5,7-12,15,17-18H2,(H,37,38). The number of aromatic nitrogens is 5. The highest BCUT2D eigenvalue weighted by atomic mass is 19.4. The lowest BCUT2D eigenvalue weighted by atomic mass is 9.95. The van der Waals surface area contributed by atoms with Crippen LogP contribution in [0.1, 0.15) is 48.0 Å². The van der Waals surface area contributed by atoms with Crippen molar-refractivity contribution in [2.75, 3.05) is 39.4 Å². The molecule has 0 bridgehead atoms. The van der Waals surface area contributed by atoms with Gasteiger partial charge in [0.15, 0.2) is 0 Å². The first-order chi connectivity index (χ1) is 20.3. The van der Waals surface area contributed by atoms with Gasteiger partial charge in [-0.1, -0.05) is 6.07 Å². The number of piperazine rings is 1. The van der Waals surface area contributed by atoms with Crippen molar-refractivity contribution in [1.82, 2.24) is 34.7 Å². The fourth-order valence-corrected chi connectivity index (χ4v) is 5.64. The number of aromatic amines is 1. The second kappa shape index (κ2) is 12.1. The Morgan fingerprint density at radius 2 is 1.81 bits per heavy atom. The number of hydrogen-bond donors (Lipinski definition) is 1. The van der Waals surface area contributed by atoms with E-state index in [1.165, 1.54) is 4.90 Å². The van der Waals surface area contributed by atoms with E-state index in [-0.39, 0.29) is 0 Å². The van der Waals surface area contributed by atoms with Gasteiger partial charge in [-0.25, -0.2) is 15.0 Å². The van der Waals surface area contributed by atoms with E-state index < -0.39 is 18.5 Å². The molecule has 2 fully saturated rings. The van der Waals surface area contributed by atoms with E-state index in [1.807, 2.05) is 24.3 Å². The van der Waals surface area contributed by atoms with Crippen molar-refractivity contribution in [2.45, 2.75) is 44.3 Å². The molecule has 6 rings (SSSR count). The van der Waals surface area contributed by atoms with Gasteiger partial charge in [0.1, 0.15) is 18.6 Å². The van der Waals surface area contributed by atoms with Crippen LogP contribution in [0.15, 0.2) is 48.9 Å². The molecule has 2 aliphatic rings. The molecule has 5 heterocycles. The summed E-state index contributed by atoms with van der Waals surface area (Å²) in [6, 6.07) is 12.1. The van der Waals surface area contributed by atoms with Crippen LogP contribution in [0.2, 0.25) is 0 Å². The number of nitrogens with zero attached hydrogens (tertiary/aromatic N) is 6. The first kappa shape index (κ1) is 28.2. The van der Waals surface area contributed by atoms with Crippen molar-refractivity contribution in [2.24, 2.45) is 0 Å². The minimum atomic E-state index is -4.48. The van der Waals surface area contributed by atoms with E-state index in [9.17, 15) is 18.0 Å². The van der Waals surface area contributed by atoms with E-state index in [2.05, 4.69) is 37.0 Å². The van der Waals surface area contributed by atoms with Crippen molar-refractivity contribution in [1.29, 1.82) is 0 Å². The molecule has 1 N–H and O–H groups in total. The number of ether oxygens (including phenoxy) is 1. The average molecular weight is 580 g/mol. The Hall–Kier alpha value is -3.90. The Bertz CT molecular complexity index is 1540. The summed E-state index contributed by atoms with van der Waals surface area (Å²) < 4.78 is 43.2. The third kappa shape index (κ3) is 6.93. The third-order valence-electron chi connectivity index (χ3n) is 7.87. The second-order valence-corrected chi connectivity index (χ2v) is 10.9. The number of carbonyl (C=O) groups excluding carboxylic acids is 1. The van der Waals surface area contributed by atoms with Gasteiger partial charge in [0.05, 0.1) is 16.7 Å². The minimum absolute atomic E-state index is 0.291. The number of amides is 1. The van der Waals surface area contributed by atoms with E-state index in [0.717, 1.165) is 71.1 Å². The molecular formula is C30H32F3N7O2. The number of H-pyrrole nitrogens is 1. The van der Waals surface area contributed by atoms with Crippen LogP contribution in [0.3, 0.4) is 0 Å². The molecule has 9 nitrogen and oxygen atoms in total. The number of alkyl halides is 3. The van der Waals surface area contributed by atoms with E-state index in [1.54, 1.807) is 12.5 Å². The molecule has 4 aromatic rings. The molecule has 0 radical (unpaired) electrons. The van der Waals surface area contributed by atoms with Crippen LogP contribution < -0.4 is 0 Å². The van der Waals surface area contributed by atoms with Gasteiger partial charge in [0.25, 0.3) is 0 Å². The number of benzene rings is 1. The van der Waals surface area contributed by atoms with Gasteiger partial charge in [0.2, 0.25) is 5.91 Å². The predicted octanol–water partition coefficient (Wildman–Crippen LogP) is 4.50. The number of fused-ring (bicyclic) bond motifs is 1. The van der Waals surface area contributed by atoms with Crippen LogP contribution in [-0.2, 0) is 22.5 Å². The Kier molecular flexibility index (Phi) is 8.16. The number of hydrogen-bond acceptors (Lipinski definition) is 7. The van der Waals surface area contributed by atoms with Crippen molar-refractivity contribution in [3.05, 3.63) is 71.7 Å². The highest BCUT2D eigenvalue weighted by molar-refractivity contribution is 5.81. The van der Waals surface area contributed by atoms with Gasteiger partial charge < -0.3 is 14.6 Å². The lowest BCUT2D eigenvalue weighted by molar-refractivity contribution is -0.162. The van der Waals surface area contributed by atoms with Crippen LogP contribution >= 0.6 is 0 Å². The smallest absolute Gasteiger partial charge is 0.381 e. The molecule has 3 aromatic heterocycles. The summed E-state index contributed by atoms with van der Waals surface area (Å²) in [5.41, 5.74) is 6.62. The van der Waals surface area contributed by atoms with Gasteiger partial charge in [-0.15, -0.1) is 0 Å². The second-order valence-electron chi connectivity index (χ2n) is 10.9. The Morgan fingerprint density at radius 1 is 1.00 bits per heavy atom. The molecule has 0 saturated carbocycles. The van der Waals surface area contributed by atoms with Crippen LogP contribution in [0, 0.1) is 0 Å². The van der Waals surface area contributed by atoms with Crippen LogP contribution in [-0.4, -0.2) is 86.2 Å². The molecule has 1 aromatic carbocycles. The largest absolute Gasteiger partial charge is 0.397 e. The Labute approximate surface area is 241 Å². The fraction of sp³-hybridized carbons (Fsp3) is 0.433. The Balaban J connectivity index is 1.09. The predicted molar refractivity (Wildman–Crippen MR) is 149 cm³/mol. The van der Waals surface area contributed by atoms with Gasteiger partial charge >= 0.3 is 6.18 Å². The summed E-state index contributed by atoms with van der Waals surface area (Å²) in [5.74, 6) is 0.334. The first-order valence-corrected chi connectivity index (χ1v) is 14.2. The molecular weight excluding hydrogens is 547 g/mol. The summed E-state index contributed by atoms with van der Waals surface area (Å²) in [5, 5.41) is 0. The van der Waals surface area contributed by atoms with Crippen LogP contribution in [0.5, 0.6) is 0 Å². The maximum Gasteiger partial charge on any atom is 0.397 e. The maximum absolute atomic E-state index is 12.6. The van der Waals surface area contributed by atoms with E-state index in [0.29, 0.717) is 45.1 Å². The lowest BCUT2D eigenvalue weighted by Crippen LogP contribution is -2.49. The van der Waals surface area contributed by atoms with Crippen molar-refractivity contribution in [3.8, 4) is 11.3 Å². The average Bonchev–Trinajstić information content (AvgIpc) is 3.39. The van der Waals surface area contributed by atoms with Gasteiger partial charge in [-0.3, -0.25) is 14.7 Å². The SMILES string of the molecule is O=C(CC(F)(F)F)N1CCN(Cc2ccnc(Cc3nc4ccc(-c5cc(C6CCOCC6)ncn5)cc4[nH]3)c2)CC1. The summed E-state index contributed by atoms with van der Waals surface area (Å²) in [6.45, 7) is 3.79. The highest BCUT2D eigenvalue weighted by Crippen LogP contribution is 2.29. The van der Waals surface area contributed by atoms with Crippen LogP contribution in [0.4, 0.5) is 13.2 Å². The number of rotatable bonds is 7. The van der Waals surface area contributed by atoms with Gasteiger partial charge in [-0.2, -0.15) is 13.2 Å². The zero-order valence-corrected chi connectivity index (χ0v) is 23.1. The highest BCUT2D eigenvalue weighted by Gasteiger charge is 2.34. The molecule has 220 valence electrons. The number of carbonyl (C=O) groups is 1. The van der Waals surface area contributed by atoms with Crippen molar-refractivity contribution < 1.29 is 22.7 Å². The molecule has 0 atom stereocenters. The summed E-state index contributed by atoms with van der Waals surface area (Å²) in [7, 11) is 0. The van der Waals surface area contributed by atoms with Gasteiger partial charge in [-0.05, 0) is 48.7 Å². The van der Waals surface area contributed by atoms with Crippen molar-refractivity contribution >= 4 is 16.9 Å². The summed E-state index contributed by atoms with van der Waals surface area (Å²) >= 11 is 0. The zero-order chi connectivity index (χ0) is 29.1. The number of pyridine rings is 1. The summed E-state index contributed by atoms with van der Waals surface area (Å²) in [4.78, 5) is 37.1. The molecule has 42 heavy (non-hydrogen) atoms. The Morgan fingerprint density at radius 3 is 2.60 bits per heavy atom. The molecule has 0 aliphatic carbocycles. The summed E-state index contributed by atoms with van der Waals surface area (Å²) in [6.07, 6.45) is -0.0139. The third-order valence-corrected chi connectivity index (χ3v) is 7.87. The monoisotopic (exact) mass is 579 g/mol. The number of halogens is 3. The maximum atomic E-state index is 12.6. The number of nitrogens with one attached hydrogen (secondary N) is 1. The van der Waals surface area contributed by atoms with Crippen molar-refractivity contribution in [3.63, 3.8) is 0 Å². The molecule has 2 aliphatic heterocycles. The van der Waals surface area contributed by atoms with E-state index >= 15 is 0 Å². The topological polar surface area (TPSA) is 100 Å². The molecule has 2 saturated heterocycles. The number of imidazole rings is 1. The quantitative estimate of drug-likeness (QED) is 0.344. The van der Waals surface area contributed by atoms with E-state index in [4.69, 9.17) is 9.72 Å². The molecule has 12 heteroatoms. The fourth-order valence-electron chi connectivity index (χ4n) is 5.64. The van der Waals surface area contributed by atoms with Gasteiger partial charge in [0, 0.05) is 81.4 Å².